The Hall–Kier alpha value is -3.15. The van der Waals surface area contributed by atoms with E-state index >= 15 is 0 Å². The van der Waals surface area contributed by atoms with Gasteiger partial charge in [-0.1, -0.05) is 4.67 Å². The smallest absolute Gasteiger partial charge is 0.337 e. The second kappa shape index (κ2) is 8.41. The standard InChI is InChI=1S/C25H31N4O3/c1-16-6-5-7-22(29(16)32)24(30)27-21-14-18-13-19(26-20(18)15-23(21)28(3)4)12-17-8-10-25(2,31)11-9-17/h5-7,13-15,17,31H,8-12H2,1-4H3,(H,30,32)/q+1/p+1. The van der Waals surface area contributed by atoms with Crippen molar-refractivity contribution in [2.45, 2.75) is 51.6 Å². The van der Waals surface area contributed by atoms with E-state index in [1.54, 1.807) is 25.1 Å². The van der Waals surface area contributed by atoms with Crippen LogP contribution in [0, 0.1) is 12.8 Å². The van der Waals surface area contributed by atoms with Crippen LogP contribution in [0.2, 0.25) is 0 Å². The maximum atomic E-state index is 12.9. The summed E-state index contributed by atoms with van der Waals surface area (Å²) in [5.41, 5.74) is 2.78. The first kappa shape index (κ1) is 22.1. The molecule has 4 rings (SSSR count). The largest absolute Gasteiger partial charge is 0.390 e. The summed E-state index contributed by atoms with van der Waals surface area (Å²) in [6, 6.07) is 9.00. The molecule has 168 valence electrons. The van der Waals surface area contributed by atoms with Gasteiger partial charge in [-0.15, -0.1) is 0 Å². The van der Waals surface area contributed by atoms with Crippen molar-refractivity contribution in [1.82, 2.24) is 4.67 Å². The number of rotatable bonds is 5. The average Bonchev–Trinajstić information content (AvgIpc) is 3.12. The lowest BCUT2D eigenvalue weighted by molar-refractivity contribution is -0.909. The molecule has 0 unspecified atom stereocenters. The Morgan fingerprint density at radius 3 is 2.69 bits per heavy atom. The summed E-state index contributed by atoms with van der Waals surface area (Å²) in [6.45, 7) is 3.66. The number of nitrogens with zero attached hydrogens (tertiary/aromatic N) is 3. The van der Waals surface area contributed by atoms with E-state index in [-0.39, 0.29) is 11.6 Å². The number of aryl methyl sites for hydroxylation is 1. The third-order valence-electron chi connectivity index (χ3n) is 6.53. The predicted molar refractivity (Wildman–Crippen MR) is 124 cm³/mol. The lowest BCUT2D eigenvalue weighted by Gasteiger charge is -2.32. The van der Waals surface area contributed by atoms with Crippen LogP contribution in [0.15, 0.2) is 30.3 Å². The zero-order valence-corrected chi connectivity index (χ0v) is 19.2. The van der Waals surface area contributed by atoms with Crippen LogP contribution in [0.1, 0.15) is 55.2 Å². The number of benzene rings is 1. The van der Waals surface area contributed by atoms with Gasteiger partial charge >= 0.3 is 22.7 Å². The highest BCUT2D eigenvalue weighted by atomic mass is 16.5. The first-order valence-electron chi connectivity index (χ1n) is 11.2. The molecule has 7 heteroatoms. The number of amides is 1. The van der Waals surface area contributed by atoms with Crippen molar-refractivity contribution in [2.75, 3.05) is 24.3 Å². The summed E-state index contributed by atoms with van der Waals surface area (Å²) >= 11 is 0. The molecule has 32 heavy (non-hydrogen) atoms. The molecule has 1 fully saturated rings. The van der Waals surface area contributed by atoms with Crippen molar-refractivity contribution in [2.24, 2.45) is 5.92 Å². The number of fused-ring (bicyclic) bond motifs is 1. The van der Waals surface area contributed by atoms with E-state index in [0.29, 0.717) is 17.3 Å². The van der Waals surface area contributed by atoms with E-state index in [1.165, 1.54) is 0 Å². The summed E-state index contributed by atoms with van der Waals surface area (Å²) in [5.74, 6) is 0.154. The third-order valence-corrected chi connectivity index (χ3v) is 6.53. The Kier molecular flexibility index (Phi) is 5.80. The molecule has 1 aromatic heterocycles. The molecular weight excluding hydrogens is 404 g/mol. The fourth-order valence-electron chi connectivity index (χ4n) is 4.51. The molecule has 1 amide bonds. The Labute approximate surface area is 188 Å². The Balaban J connectivity index is 1.59. The molecule has 2 aliphatic rings. The van der Waals surface area contributed by atoms with Crippen molar-refractivity contribution in [1.29, 1.82) is 0 Å². The van der Waals surface area contributed by atoms with E-state index in [2.05, 4.69) is 11.4 Å². The van der Waals surface area contributed by atoms with Crippen LogP contribution in [0.5, 0.6) is 0 Å². The summed E-state index contributed by atoms with van der Waals surface area (Å²) < 4.78 is 5.74. The number of hydrogen-bond donors (Lipinski definition) is 3. The molecular formula is C25H32N4O3+2. The molecule has 0 radical (unpaired) electrons. The number of carbonyl (C=O) groups is 1. The Morgan fingerprint density at radius 2 is 2.00 bits per heavy atom. The molecule has 1 aliphatic heterocycles. The van der Waals surface area contributed by atoms with Gasteiger partial charge in [-0.25, -0.2) is 0 Å². The molecule has 7 nitrogen and oxygen atoms in total. The quantitative estimate of drug-likeness (QED) is 0.372. The SMILES string of the molecule is Cc1cccc(C(=O)Nc2cc3c(cc2N(C)C)=[N+]=C(CC2CCC(C)(O)CC2)C=3)[n+]1O. The summed E-state index contributed by atoms with van der Waals surface area (Å²) in [7, 11) is 3.85. The van der Waals surface area contributed by atoms with Crippen LogP contribution in [0.3, 0.4) is 0 Å². The first-order valence-corrected chi connectivity index (χ1v) is 11.2. The van der Waals surface area contributed by atoms with Gasteiger partial charge in [0, 0.05) is 44.0 Å². The number of pyridine rings is 1. The molecule has 2 heterocycles. The molecule has 2 aromatic rings. The monoisotopic (exact) mass is 436 g/mol. The summed E-state index contributed by atoms with van der Waals surface area (Å²) in [5, 5.41) is 25.2. The number of anilines is 2. The lowest BCUT2D eigenvalue weighted by atomic mass is 9.78. The highest BCUT2D eigenvalue weighted by molar-refractivity contribution is 6.10. The van der Waals surface area contributed by atoms with Crippen LogP contribution in [0.25, 0.3) is 6.08 Å². The van der Waals surface area contributed by atoms with Crippen molar-refractivity contribution in [3.05, 3.63) is 52.3 Å². The van der Waals surface area contributed by atoms with Gasteiger partial charge in [-0.2, -0.15) is 0 Å². The maximum Gasteiger partial charge on any atom is 0.337 e. The van der Waals surface area contributed by atoms with Crippen LogP contribution < -0.4 is 30.2 Å². The van der Waals surface area contributed by atoms with Gasteiger partial charge < -0.3 is 15.3 Å². The minimum atomic E-state index is -0.529. The number of aromatic nitrogens is 1. The highest BCUT2D eigenvalue weighted by Gasteiger charge is 2.31. The van der Waals surface area contributed by atoms with Crippen LogP contribution in [-0.2, 0) is 0 Å². The van der Waals surface area contributed by atoms with Crippen LogP contribution in [-0.4, -0.2) is 41.6 Å². The number of hydrogen-bond acceptors (Lipinski definition) is 4. The first-order chi connectivity index (χ1) is 15.1. The van der Waals surface area contributed by atoms with Crippen LogP contribution in [0.4, 0.5) is 11.4 Å². The molecule has 1 saturated carbocycles. The highest BCUT2D eigenvalue weighted by Crippen LogP contribution is 2.33. The van der Waals surface area contributed by atoms with E-state index in [9.17, 15) is 15.1 Å². The van der Waals surface area contributed by atoms with Gasteiger partial charge in [0.1, 0.15) is 0 Å². The second-order valence-electron chi connectivity index (χ2n) is 9.53. The number of carbonyl (C=O) groups excluding carboxylic acids is 1. The predicted octanol–water partition coefficient (Wildman–Crippen LogP) is 1.09. The average molecular weight is 437 g/mol. The van der Waals surface area contributed by atoms with Gasteiger partial charge in [-0.3, -0.25) is 10.0 Å². The van der Waals surface area contributed by atoms with Gasteiger partial charge in [0.25, 0.3) is 0 Å². The van der Waals surface area contributed by atoms with E-state index in [1.807, 2.05) is 38.1 Å². The van der Waals surface area contributed by atoms with Gasteiger partial charge in [-0.05, 0) is 50.7 Å². The topological polar surface area (TPSA) is 90.8 Å². The normalized spacial score (nSPS) is 21.8. The molecule has 1 aliphatic carbocycles. The summed E-state index contributed by atoms with van der Waals surface area (Å²) in [4.78, 5) is 14.8. The van der Waals surface area contributed by atoms with Gasteiger partial charge in [0.05, 0.1) is 34.7 Å². The second-order valence-corrected chi connectivity index (χ2v) is 9.53. The number of aliphatic hydroxyl groups is 1. The molecule has 0 atom stereocenters. The van der Waals surface area contributed by atoms with E-state index < -0.39 is 5.60 Å². The van der Waals surface area contributed by atoms with Gasteiger partial charge in [0.2, 0.25) is 5.69 Å². The summed E-state index contributed by atoms with van der Waals surface area (Å²) in [6.07, 6.45) is 6.69. The fraction of sp³-hybridized carbons (Fsp3) is 0.440. The maximum absolute atomic E-state index is 12.9. The minimum absolute atomic E-state index is 0.171. The number of nitrogens with one attached hydrogen (secondary N) is 1. The van der Waals surface area contributed by atoms with Crippen molar-refractivity contribution in [3.8, 4) is 0 Å². The fourth-order valence-corrected chi connectivity index (χ4v) is 4.51. The molecule has 0 bridgehead atoms. The van der Waals surface area contributed by atoms with Crippen molar-refractivity contribution >= 4 is 29.1 Å². The minimum Gasteiger partial charge on any atom is -0.390 e. The lowest BCUT2D eigenvalue weighted by Crippen LogP contribution is -2.42. The molecule has 0 saturated heterocycles. The third kappa shape index (κ3) is 4.54. The zero-order valence-electron chi connectivity index (χ0n) is 19.2. The van der Waals surface area contributed by atoms with E-state index in [0.717, 1.165) is 58.8 Å². The van der Waals surface area contributed by atoms with Crippen molar-refractivity contribution in [3.63, 3.8) is 0 Å². The molecule has 3 N–H and O–H groups in total. The van der Waals surface area contributed by atoms with Crippen molar-refractivity contribution < 1.29 is 19.8 Å². The van der Waals surface area contributed by atoms with E-state index in [4.69, 9.17) is 4.67 Å². The molecule has 1 aromatic carbocycles. The zero-order chi connectivity index (χ0) is 23.0. The van der Waals surface area contributed by atoms with Gasteiger partial charge in [0.15, 0.2) is 0 Å². The molecule has 0 spiro atoms. The Bertz CT molecular complexity index is 1220. The Morgan fingerprint density at radius 1 is 1.28 bits per heavy atom. The van der Waals surface area contributed by atoms with Crippen LogP contribution >= 0.6 is 0 Å².